The summed E-state index contributed by atoms with van der Waals surface area (Å²) in [5.74, 6) is 0. The maximum Gasteiger partial charge on any atom is 0.143 e. The van der Waals surface area contributed by atoms with E-state index in [9.17, 15) is 4.21 Å². The average molecular weight is 270 g/mol. The third kappa shape index (κ3) is 2.18. The summed E-state index contributed by atoms with van der Waals surface area (Å²) in [7, 11) is -2.69. The maximum absolute atomic E-state index is 11.2. The van der Waals surface area contributed by atoms with Gasteiger partial charge in [-0.3, -0.25) is 0 Å². The van der Waals surface area contributed by atoms with Gasteiger partial charge >= 0.3 is 0 Å². The second-order valence-electron chi connectivity index (χ2n) is 2.29. The molecule has 0 fully saturated rings. The van der Waals surface area contributed by atoms with Crippen LogP contribution in [0.15, 0.2) is 21.6 Å². The molecule has 0 saturated heterocycles. The van der Waals surface area contributed by atoms with Crippen molar-refractivity contribution in [1.29, 1.82) is 4.78 Å². The smallest absolute Gasteiger partial charge is 0.143 e. The van der Waals surface area contributed by atoms with Gasteiger partial charge in [-0.2, -0.15) is 0 Å². The number of hydrogen-bond donors (Lipinski definition) is 1. The monoisotopic (exact) mass is 268 g/mol. The zero-order chi connectivity index (χ0) is 9.35. The Hall–Kier alpha value is -0.130. The molecule has 3 nitrogen and oxygen atoms in total. The first-order valence-corrected chi connectivity index (χ1v) is 6.10. The highest BCUT2D eigenvalue weighted by atomic mass is 79.9. The van der Waals surface area contributed by atoms with Gasteiger partial charge in [0.05, 0.1) is 19.1 Å². The molecule has 0 aliphatic rings. The summed E-state index contributed by atoms with van der Waals surface area (Å²) in [6.45, 7) is 0. The molecule has 0 bridgehead atoms. The lowest BCUT2D eigenvalue weighted by atomic mass is 10.5. The van der Waals surface area contributed by atoms with Crippen LogP contribution in [-0.2, 0) is 9.73 Å². The lowest BCUT2D eigenvalue weighted by molar-refractivity contribution is 0.678. The van der Waals surface area contributed by atoms with Gasteiger partial charge in [0.2, 0.25) is 0 Å². The van der Waals surface area contributed by atoms with E-state index in [1.54, 1.807) is 6.07 Å². The van der Waals surface area contributed by atoms with Gasteiger partial charge in [0.15, 0.2) is 0 Å². The fourth-order valence-corrected chi connectivity index (χ4v) is 1.82. The lowest BCUT2D eigenvalue weighted by Crippen LogP contribution is -1.95. The van der Waals surface area contributed by atoms with Crippen molar-refractivity contribution in [3.63, 3.8) is 0 Å². The van der Waals surface area contributed by atoms with Crippen molar-refractivity contribution < 1.29 is 4.21 Å². The molecule has 1 atom stereocenters. The summed E-state index contributed by atoms with van der Waals surface area (Å²) >= 11 is 8.75. The van der Waals surface area contributed by atoms with Gasteiger partial charge < -0.3 is 0 Å². The second-order valence-corrected chi connectivity index (χ2v) is 5.66. The van der Waals surface area contributed by atoms with E-state index in [1.807, 2.05) is 0 Å². The zero-order valence-electron chi connectivity index (χ0n) is 6.17. The first-order valence-electron chi connectivity index (χ1n) is 2.96. The van der Waals surface area contributed by atoms with E-state index in [2.05, 4.69) is 20.9 Å². The molecule has 1 heterocycles. The quantitative estimate of drug-likeness (QED) is 0.797. The molecular formula is C6H6BrClN2OS. The molecule has 0 radical (unpaired) electrons. The van der Waals surface area contributed by atoms with E-state index in [0.717, 1.165) is 0 Å². The van der Waals surface area contributed by atoms with E-state index in [-0.39, 0.29) is 0 Å². The van der Waals surface area contributed by atoms with Crippen LogP contribution in [0.2, 0.25) is 5.15 Å². The van der Waals surface area contributed by atoms with Crippen LogP contribution in [0.3, 0.4) is 0 Å². The van der Waals surface area contributed by atoms with E-state index in [1.165, 1.54) is 12.5 Å². The number of nitrogens with one attached hydrogen (secondary N) is 1. The number of rotatable bonds is 1. The van der Waals surface area contributed by atoms with Crippen LogP contribution in [0.4, 0.5) is 0 Å². The van der Waals surface area contributed by atoms with Crippen LogP contribution in [0.5, 0.6) is 0 Å². The standard InChI is InChI=1S/C6H6BrClN2OS/c1-12(9,11)4-2-5(7)6(8)10-3-4/h2-3,9H,1H3. The van der Waals surface area contributed by atoms with Crippen molar-refractivity contribution in [2.45, 2.75) is 4.90 Å². The molecule has 12 heavy (non-hydrogen) atoms. The predicted octanol–water partition coefficient (Wildman–Crippen LogP) is 2.53. The molecule has 0 saturated carbocycles. The Morgan fingerprint density at radius 1 is 1.75 bits per heavy atom. The number of pyridine rings is 1. The molecule has 1 unspecified atom stereocenters. The van der Waals surface area contributed by atoms with Crippen molar-refractivity contribution in [2.75, 3.05) is 6.26 Å². The molecule has 0 amide bonds. The molecule has 0 aromatic carbocycles. The van der Waals surface area contributed by atoms with Crippen LogP contribution in [-0.4, -0.2) is 15.4 Å². The summed E-state index contributed by atoms with van der Waals surface area (Å²) in [6.07, 6.45) is 2.69. The molecule has 0 aliphatic carbocycles. The Bertz CT molecular complexity index is 404. The third-order valence-electron chi connectivity index (χ3n) is 1.22. The lowest BCUT2D eigenvalue weighted by Gasteiger charge is -2.01. The highest BCUT2D eigenvalue weighted by Crippen LogP contribution is 2.22. The fourth-order valence-electron chi connectivity index (χ4n) is 0.617. The van der Waals surface area contributed by atoms with Gasteiger partial charge in [-0.15, -0.1) is 0 Å². The van der Waals surface area contributed by atoms with Crippen molar-refractivity contribution >= 4 is 37.3 Å². The van der Waals surface area contributed by atoms with Crippen LogP contribution in [0.1, 0.15) is 0 Å². The third-order valence-corrected chi connectivity index (χ3v) is 3.48. The Morgan fingerprint density at radius 3 is 2.75 bits per heavy atom. The molecule has 1 aromatic rings. The highest BCUT2D eigenvalue weighted by Gasteiger charge is 2.06. The largest absolute Gasteiger partial charge is 0.249 e. The summed E-state index contributed by atoms with van der Waals surface area (Å²) in [4.78, 5) is 4.14. The maximum atomic E-state index is 11.2. The number of hydrogen-bond acceptors (Lipinski definition) is 3. The van der Waals surface area contributed by atoms with E-state index in [4.69, 9.17) is 16.4 Å². The number of nitrogens with zero attached hydrogens (tertiary/aromatic N) is 1. The molecule has 1 aromatic heterocycles. The van der Waals surface area contributed by atoms with Crippen molar-refractivity contribution in [3.05, 3.63) is 21.9 Å². The topological polar surface area (TPSA) is 53.8 Å². The summed E-state index contributed by atoms with van der Waals surface area (Å²) in [5.41, 5.74) is 0. The minimum atomic E-state index is -2.69. The molecule has 6 heteroatoms. The Morgan fingerprint density at radius 2 is 2.33 bits per heavy atom. The normalized spacial score (nSPS) is 15.6. The van der Waals surface area contributed by atoms with E-state index >= 15 is 0 Å². The van der Waals surface area contributed by atoms with Crippen molar-refractivity contribution in [3.8, 4) is 0 Å². The Balaban J connectivity index is 3.33. The average Bonchev–Trinajstić information content (AvgIpc) is 1.92. The molecule has 0 aliphatic heterocycles. The minimum absolute atomic E-state index is 0.308. The first-order chi connectivity index (χ1) is 5.41. The number of halogens is 2. The van der Waals surface area contributed by atoms with Gasteiger partial charge in [0.1, 0.15) is 5.15 Å². The molecule has 1 N–H and O–H groups in total. The van der Waals surface area contributed by atoms with Gasteiger partial charge in [0, 0.05) is 12.5 Å². The van der Waals surface area contributed by atoms with Gasteiger partial charge in [-0.05, 0) is 22.0 Å². The zero-order valence-corrected chi connectivity index (χ0v) is 9.33. The Labute approximate surface area is 84.3 Å². The summed E-state index contributed by atoms with van der Waals surface area (Å²) < 4.78 is 19.0. The van der Waals surface area contributed by atoms with Gasteiger partial charge in [-0.25, -0.2) is 14.0 Å². The Kier molecular flexibility index (Phi) is 2.75. The fraction of sp³-hybridized carbons (Fsp3) is 0.167. The second kappa shape index (κ2) is 3.32. The molecular weight excluding hydrogens is 264 g/mol. The molecule has 0 spiro atoms. The summed E-state index contributed by atoms with van der Waals surface area (Å²) in [6, 6.07) is 1.55. The summed E-state index contributed by atoms with van der Waals surface area (Å²) in [5, 5.41) is 0.308. The van der Waals surface area contributed by atoms with E-state index in [0.29, 0.717) is 14.5 Å². The molecule has 66 valence electrons. The van der Waals surface area contributed by atoms with Crippen LogP contribution >= 0.6 is 27.5 Å². The number of aromatic nitrogens is 1. The predicted molar refractivity (Wildman–Crippen MR) is 52.0 cm³/mol. The van der Waals surface area contributed by atoms with Crippen LogP contribution in [0, 0.1) is 4.78 Å². The van der Waals surface area contributed by atoms with Gasteiger partial charge in [-0.1, -0.05) is 11.6 Å². The van der Waals surface area contributed by atoms with Crippen molar-refractivity contribution in [1.82, 2.24) is 4.98 Å². The van der Waals surface area contributed by atoms with Crippen LogP contribution < -0.4 is 0 Å². The van der Waals surface area contributed by atoms with Crippen LogP contribution in [0.25, 0.3) is 0 Å². The van der Waals surface area contributed by atoms with Gasteiger partial charge in [0.25, 0.3) is 0 Å². The molecule has 1 rings (SSSR count). The first kappa shape index (κ1) is 9.95. The van der Waals surface area contributed by atoms with E-state index < -0.39 is 9.73 Å². The SMILES string of the molecule is CS(=N)(=O)c1cnc(Cl)c(Br)c1. The highest BCUT2D eigenvalue weighted by molar-refractivity contribution is 9.10. The minimum Gasteiger partial charge on any atom is -0.249 e. The van der Waals surface area contributed by atoms with Crippen molar-refractivity contribution in [2.24, 2.45) is 0 Å².